The highest BCUT2D eigenvalue weighted by Gasteiger charge is 2.17. The quantitative estimate of drug-likeness (QED) is 0.718. The summed E-state index contributed by atoms with van der Waals surface area (Å²) in [5.74, 6) is -0.949. The molecule has 0 fully saturated rings. The van der Waals surface area contributed by atoms with Gasteiger partial charge in [0.25, 0.3) is 0 Å². The van der Waals surface area contributed by atoms with E-state index in [2.05, 4.69) is 6.07 Å². The maximum absolute atomic E-state index is 12.4. The van der Waals surface area contributed by atoms with E-state index in [9.17, 15) is 14.9 Å². The second-order valence-corrected chi connectivity index (χ2v) is 5.79. The monoisotopic (exact) mass is 347 g/mol. The van der Waals surface area contributed by atoms with E-state index in [-0.39, 0.29) is 6.61 Å². The van der Waals surface area contributed by atoms with Crippen molar-refractivity contribution in [2.24, 2.45) is 5.73 Å². The smallest absolute Gasteiger partial charge is 0.354 e. The maximum atomic E-state index is 12.4. The fourth-order valence-electron chi connectivity index (χ4n) is 2.87. The van der Waals surface area contributed by atoms with Crippen molar-refractivity contribution in [1.82, 2.24) is 4.57 Å². The first kappa shape index (κ1) is 17.2. The van der Waals surface area contributed by atoms with Crippen LogP contribution >= 0.6 is 0 Å². The molecular formula is C20H17N3O3. The van der Waals surface area contributed by atoms with Crippen LogP contribution in [-0.2, 0) is 11.3 Å². The van der Waals surface area contributed by atoms with Gasteiger partial charge in [0, 0.05) is 17.5 Å². The second-order valence-electron chi connectivity index (χ2n) is 5.79. The SMILES string of the molecule is CCOC(=O)c1cc2ccc(C#N)cc2n1Cc1cccc(C(N)=O)c1. The molecule has 1 amide bonds. The molecule has 1 aromatic heterocycles. The van der Waals surface area contributed by atoms with Gasteiger partial charge in [-0.15, -0.1) is 0 Å². The van der Waals surface area contributed by atoms with Crippen LogP contribution in [0.1, 0.15) is 38.9 Å². The Kier molecular flexibility index (Phi) is 4.72. The van der Waals surface area contributed by atoms with Crippen LogP contribution < -0.4 is 5.73 Å². The van der Waals surface area contributed by atoms with E-state index in [1.165, 1.54) is 0 Å². The van der Waals surface area contributed by atoms with Crippen molar-refractivity contribution in [3.8, 4) is 6.07 Å². The molecule has 0 aliphatic carbocycles. The Morgan fingerprint density at radius 2 is 2.00 bits per heavy atom. The number of hydrogen-bond acceptors (Lipinski definition) is 4. The molecule has 0 bridgehead atoms. The van der Waals surface area contributed by atoms with E-state index in [4.69, 9.17) is 10.5 Å². The molecule has 6 nitrogen and oxygen atoms in total. The molecule has 0 aliphatic rings. The molecule has 0 atom stereocenters. The number of rotatable bonds is 5. The molecule has 0 saturated carbocycles. The number of benzene rings is 2. The number of esters is 1. The van der Waals surface area contributed by atoms with Crippen molar-refractivity contribution in [2.45, 2.75) is 13.5 Å². The van der Waals surface area contributed by atoms with Gasteiger partial charge in [0.15, 0.2) is 0 Å². The number of nitrogens with two attached hydrogens (primary N) is 1. The highest BCUT2D eigenvalue weighted by atomic mass is 16.5. The molecule has 3 aromatic rings. The molecule has 3 rings (SSSR count). The number of nitriles is 1. The summed E-state index contributed by atoms with van der Waals surface area (Å²) in [5, 5.41) is 10.0. The molecule has 2 aromatic carbocycles. The zero-order valence-electron chi connectivity index (χ0n) is 14.2. The van der Waals surface area contributed by atoms with Crippen LogP contribution in [0.2, 0.25) is 0 Å². The molecule has 1 heterocycles. The Morgan fingerprint density at radius 3 is 2.69 bits per heavy atom. The first-order chi connectivity index (χ1) is 12.5. The van der Waals surface area contributed by atoms with Gasteiger partial charge in [-0.25, -0.2) is 4.79 Å². The summed E-state index contributed by atoms with van der Waals surface area (Å²) < 4.78 is 6.94. The summed E-state index contributed by atoms with van der Waals surface area (Å²) in [4.78, 5) is 23.8. The largest absolute Gasteiger partial charge is 0.461 e. The number of ether oxygens (including phenoxy) is 1. The number of carbonyl (C=O) groups excluding carboxylic acids is 2. The van der Waals surface area contributed by atoms with E-state index in [0.717, 1.165) is 16.5 Å². The minimum absolute atomic E-state index is 0.265. The van der Waals surface area contributed by atoms with Crippen molar-refractivity contribution >= 4 is 22.8 Å². The Balaban J connectivity index is 2.14. The van der Waals surface area contributed by atoms with Gasteiger partial charge in [-0.1, -0.05) is 18.2 Å². The normalized spacial score (nSPS) is 10.5. The lowest BCUT2D eigenvalue weighted by molar-refractivity contribution is 0.0515. The molecule has 6 heteroatoms. The third-order valence-corrected chi connectivity index (χ3v) is 4.07. The number of fused-ring (bicyclic) bond motifs is 1. The van der Waals surface area contributed by atoms with Crippen LogP contribution in [0, 0.1) is 11.3 Å². The number of hydrogen-bond donors (Lipinski definition) is 1. The molecule has 0 spiro atoms. The Bertz CT molecular complexity index is 1040. The lowest BCUT2D eigenvalue weighted by Gasteiger charge is -2.11. The highest BCUT2D eigenvalue weighted by Crippen LogP contribution is 2.24. The van der Waals surface area contributed by atoms with Crippen LogP contribution in [0.25, 0.3) is 10.9 Å². The van der Waals surface area contributed by atoms with Crippen LogP contribution in [0.4, 0.5) is 0 Å². The van der Waals surface area contributed by atoms with Crippen LogP contribution in [-0.4, -0.2) is 23.1 Å². The van der Waals surface area contributed by atoms with Gasteiger partial charge < -0.3 is 15.0 Å². The average Bonchev–Trinajstić information content (AvgIpc) is 3.00. The van der Waals surface area contributed by atoms with Crippen LogP contribution in [0.3, 0.4) is 0 Å². The Labute approximate surface area is 150 Å². The van der Waals surface area contributed by atoms with Crippen molar-refractivity contribution in [3.63, 3.8) is 0 Å². The number of aromatic nitrogens is 1. The zero-order chi connectivity index (χ0) is 18.7. The number of primary amides is 1. The molecule has 2 N–H and O–H groups in total. The Hall–Kier alpha value is -3.59. The lowest BCUT2D eigenvalue weighted by atomic mass is 10.1. The third-order valence-electron chi connectivity index (χ3n) is 4.07. The standard InChI is InChI=1S/C20H17N3O3/c1-2-26-20(25)18-10-15-7-6-13(11-21)9-17(15)23(18)12-14-4-3-5-16(8-14)19(22)24/h3-10H,2,12H2,1H3,(H2,22,24). The van der Waals surface area contributed by atoms with Crippen LogP contribution in [0.5, 0.6) is 0 Å². The lowest BCUT2D eigenvalue weighted by Crippen LogP contribution is -2.14. The number of carbonyl (C=O) groups is 2. The number of amides is 1. The summed E-state index contributed by atoms with van der Waals surface area (Å²) in [6.45, 7) is 2.35. The van der Waals surface area contributed by atoms with E-state index < -0.39 is 11.9 Å². The van der Waals surface area contributed by atoms with Gasteiger partial charge in [0.1, 0.15) is 5.69 Å². The predicted molar refractivity (Wildman–Crippen MR) is 96.7 cm³/mol. The van der Waals surface area contributed by atoms with E-state index in [1.54, 1.807) is 54.0 Å². The van der Waals surface area contributed by atoms with Gasteiger partial charge >= 0.3 is 5.97 Å². The molecule has 0 aliphatic heterocycles. The van der Waals surface area contributed by atoms with Gasteiger partial charge in [0.05, 0.1) is 23.8 Å². The van der Waals surface area contributed by atoms with E-state index >= 15 is 0 Å². The van der Waals surface area contributed by atoms with Crippen molar-refractivity contribution in [1.29, 1.82) is 5.26 Å². The minimum atomic E-state index is -0.512. The topological polar surface area (TPSA) is 98.1 Å². The number of nitrogens with zero attached hydrogens (tertiary/aromatic N) is 2. The molecule has 0 unspecified atom stereocenters. The third kappa shape index (κ3) is 3.28. The first-order valence-corrected chi connectivity index (χ1v) is 8.12. The maximum Gasteiger partial charge on any atom is 0.354 e. The zero-order valence-corrected chi connectivity index (χ0v) is 14.2. The van der Waals surface area contributed by atoms with Gasteiger partial charge in [-0.3, -0.25) is 4.79 Å². The fraction of sp³-hybridized carbons (Fsp3) is 0.150. The molecule has 26 heavy (non-hydrogen) atoms. The van der Waals surface area contributed by atoms with Gasteiger partial charge in [-0.05, 0) is 42.8 Å². The summed E-state index contributed by atoms with van der Waals surface area (Å²) >= 11 is 0. The minimum Gasteiger partial charge on any atom is -0.461 e. The molecule has 0 saturated heterocycles. The molecule has 130 valence electrons. The average molecular weight is 347 g/mol. The molecular weight excluding hydrogens is 330 g/mol. The highest BCUT2D eigenvalue weighted by molar-refractivity contribution is 5.96. The van der Waals surface area contributed by atoms with E-state index in [1.807, 2.05) is 6.07 Å². The summed E-state index contributed by atoms with van der Waals surface area (Å²) in [6.07, 6.45) is 0. The van der Waals surface area contributed by atoms with Crippen molar-refractivity contribution < 1.29 is 14.3 Å². The van der Waals surface area contributed by atoms with Crippen molar-refractivity contribution in [2.75, 3.05) is 6.61 Å². The summed E-state index contributed by atoms with van der Waals surface area (Å²) in [7, 11) is 0. The van der Waals surface area contributed by atoms with Gasteiger partial charge in [-0.2, -0.15) is 5.26 Å². The van der Waals surface area contributed by atoms with Crippen molar-refractivity contribution in [3.05, 3.63) is 70.9 Å². The fourth-order valence-corrected chi connectivity index (χ4v) is 2.87. The Morgan fingerprint density at radius 1 is 1.19 bits per heavy atom. The first-order valence-electron chi connectivity index (χ1n) is 8.12. The second kappa shape index (κ2) is 7.11. The summed E-state index contributed by atoms with van der Waals surface area (Å²) in [6, 6.07) is 16.0. The van der Waals surface area contributed by atoms with E-state index in [0.29, 0.717) is 23.4 Å². The molecule has 0 radical (unpaired) electrons. The summed E-state index contributed by atoms with van der Waals surface area (Å²) in [5.41, 5.74) is 8.19. The predicted octanol–water partition coefficient (Wildman–Crippen LogP) is 2.84. The van der Waals surface area contributed by atoms with Gasteiger partial charge in [0.2, 0.25) is 5.91 Å². The van der Waals surface area contributed by atoms with Crippen LogP contribution in [0.15, 0.2) is 48.5 Å².